The van der Waals surface area contributed by atoms with Crippen molar-refractivity contribution in [1.82, 2.24) is 14.9 Å². The van der Waals surface area contributed by atoms with Crippen LogP contribution in [-0.2, 0) is 17.8 Å². The zero-order chi connectivity index (χ0) is 26.6. The molecule has 6 rings (SSSR count). The van der Waals surface area contributed by atoms with Crippen molar-refractivity contribution in [2.45, 2.75) is 25.8 Å². The molecule has 1 saturated heterocycles. The molecule has 0 amide bonds. The minimum absolute atomic E-state index is 0.302. The number of thiophene rings is 1. The van der Waals surface area contributed by atoms with E-state index in [0.717, 1.165) is 43.2 Å². The Bertz CT molecular complexity index is 1430. The first-order valence-electron chi connectivity index (χ1n) is 13.7. The standard InChI is InChI=1S/C32H35N3O3S/c1-37-35-17-16-34(23-35)22-25-6-4-24(5-7-25)20-30-29-13-10-27(36)21-31(29)39-32(30)26-8-11-28(12-9-26)38-19-18-33-14-2-3-15-33/h4-13,16-17,21,36H,2-3,14-15,18-20,22-23H2,1H3. The van der Waals surface area contributed by atoms with Crippen molar-refractivity contribution in [1.29, 1.82) is 0 Å². The van der Waals surface area contributed by atoms with E-state index in [4.69, 9.17) is 9.57 Å². The molecule has 3 heterocycles. The normalized spacial score (nSPS) is 15.6. The van der Waals surface area contributed by atoms with Gasteiger partial charge in [0.1, 0.15) is 24.8 Å². The van der Waals surface area contributed by atoms with E-state index in [9.17, 15) is 5.11 Å². The van der Waals surface area contributed by atoms with Crippen LogP contribution in [0.5, 0.6) is 11.5 Å². The number of phenols is 1. The maximum Gasteiger partial charge on any atom is 0.119 e. The van der Waals surface area contributed by atoms with E-state index in [1.807, 2.05) is 23.4 Å². The molecule has 4 aromatic rings. The molecular formula is C32H35N3O3S. The molecule has 0 atom stereocenters. The fraction of sp³-hybridized carbons (Fsp3) is 0.312. The summed E-state index contributed by atoms with van der Waals surface area (Å²) in [4.78, 5) is 11.2. The van der Waals surface area contributed by atoms with Crippen LogP contribution in [0, 0.1) is 0 Å². The second-order valence-corrected chi connectivity index (χ2v) is 11.3. The van der Waals surface area contributed by atoms with Gasteiger partial charge in [-0.2, -0.15) is 0 Å². The molecule has 0 unspecified atom stereocenters. The van der Waals surface area contributed by atoms with Crippen LogP contribution >= 0.6 is 11.3 Å². The van der Waals surface area contributed by atoms with Crippen molar-refractivity contribution >= 4 is 21.4 Å². The van der Waals surface area contributed by atoms with Crippen LogP contribution in [0.15, 0.2) is 79.1 Å². The number of benzene rings is 3. The van der Waals surface area contributed by atoms with E-state index < -0.39 is 0 Å². The van der Waals surface area contributed by atoms with Crippen molar-refractivity contribution in [2.75, 3.05) is 40.0 Å². The van der Waals surface area contributed by atoms with Gasteiger partial charge in [-0.05, 0) is 102 Å². The van der Waals surface area contributed by atoms with Crippen LogP contribution in [0.3, 0.4) is 0 Å². The Morgan fingerprint density at radius 1 is 0.897 bits per heavy atom. The van der Waals surface area contributed by atoms with Crippen molar-refractivity contribution in [3.63, 3.8) is 0 Å². The van der Waals surface area contributed by atoms with E-state index in [2.05, 4.69) is 64.5 Å². The third-order valence-electron chi connectivity index (χ3n) is 7.56. The van der Waals surface area contributed by atoms with E-state index in [1.165, 1.54) is 58.4 Å². The molecule has 3 aromatic carbocycles. The van der Waals surface area contributed by atoms with Gasteiger partial charge in [-0.1, -0.05) is 24.3 Å². The van der Waals surface area contributed by atoms with Gasteiger partial charge in [0.05, 0.1) is 7.11 Å². The molecule has 202 valence electrons. The molecule has 1 fully saturated rings. The number of hydrogen-bond acceptors (Lipinski definition) is 7. The first kappa shape index (κ1) is 25.7. The molecule has 0 saturated carbocycles. The maximum absolute atomic E-state index is 10.1. The summed E-state index contributed by atoms with van der Waals surface area (Å²) in [7, 11) is 1.69. The van der Waals surface area contributed by atoms with Gasteiger partial charge in [-0.15, -0.1) is 11.3 Å². The summed E-state index contributed by atoms with van der Waals surface area (Å²) in [6.07, 6.45) is 7.44. The van der Waals surface area contributed by atoms with Crippen molar-refractivity contribution in [3.05, 3.63) is 95.8 Å². The van der Waals surface area contributed by atoms with Gasteiger partial charge in [0.2, 0.25) is 0 Å². The summed E-state index contributed by atoms with van der Waals surface area (Å²) >= 11 is 1.74. The van der Waals surface area contributed by atoms with Crippen LogP contribution < -0.4 is 4.74 Å². The molecule has 2 aliphatic heterocycles. The average molecular weight is 542 g/mol. The Kier molecular flexibility index (Phi) is 7.72. The monoisotopic (exact) mass is 541 g/mol. The van der Waals surface area contributed by atoms with Crippen LogP contribution in [0.2, 0.25) is 0 Å². The second-order valence-electron chi connectivity index (χ2n) is 10.3. The summed E-state index contributed by atoms with van der Waals surface area (Å²) < 4.78 is 7.14. The lowest BCUT2D eigenvalue weighted by Gasteiger charge is -2.19. The quantitative estimate of drug-likeness (QED) is 0.249. The molecule has 2 aliphatic rings. The highest BCUT2D eigenvalue weighted by molar-refractivity contribution is 7.22. The fourth-order valence-corrected chi connectivity index (χ4v) is 6.67. The molecule has 0 spiro atoms. The SMILES string of the molecule is CON1C=CN(Cc2ccc(Cc3c(-c4ccc(OCCN5CCCC5)cc4)sc4cc(O)ccc34)cc2)C1. The Morgan fingerprint density at radius 3 is 2.41 bits per heavy atom. The number of fused-ring (bicyclic) bond motifs is 1. The largest absolute Gasteiger partial charge is 0.508 e. The molecule has 39 heavy (non-hydrogen) atoms. The van der Waals surface area contributed by atoms with Crippen LogP contribution in [-0.4, -0.2) is 60.0 Å². The Balaban J connectivity index is 1.18. The lowest BCUT2D eigenvalue weighted by atomic mass is 9.98. The molecule has 7 heteroatoms. The summed E-state index contributed by atoms with van der Waals surface area (Å²) in [5.74, 6) is 1.21. The van der Waals surface area contributed by atoms with Gasteiger partial charge in [-0.25, -0.2) is 5.06 Å². The number of phenolic OH excluding ortho intramolecular Hbond substituents is 1. The number of nitrogens with zero attached hydrogens (tertiary/aromatic N) is 3. The smallest absolute Gasteiger partial charge is 0.119 e. The van der Waals surface area contributed by atoms with Gasteiger partial charge in [0.25, 0.3) is 0 Å². The van der Waals surface area contributed by atoms with Crippen LogP contribution in [0.1, 0.15) is 29.5 Å². The topological polar surface area (TPSA) is 48.4 Å². The average Bonchev–Trinajstić information content (AvgIpc) is 3.71. The second kappa shape index (κ2) is 11.7. The molecular weight excluding hydrogens is 506 g/mol. The summed E-state index contributed by atoms with van der Waals surface area (Å²) in [5, 5.41) is 13.1. The van der Waals surface area contributed by atoms with Crippen molar-refractivity contribution in [3.8, 4) is 21.9 Å². The van der Waals surface area contributed by atoms with Crippen LogP contribution in [0.25, 0.3) is 20.5 Å². The highest BCUT2D eigenvalue weighted by atomic mass is 32.1. The van der Waals surface area contributed by atoms with Crippen molar-refractivity contribution in [2.24, 2.45) is 0 Å². The first-order chi connectivity index (χ1) is 19.1. The van der Waals surface area contributed by atoms with Crippen LogP contribution in [0.4, 0.5) is 0 Å². The van der Waals surface area contributed by atoms with Gasteiger partial charge in [0.15, 0.2) is 0 Å². The van der Waals surface area contributed by atoms with Crippen molar-refractivity contribution < 1.29 is 14.7 Å². The molecule has 0 radical (unpaired) electrons. The number of ether oxygens (including phenoxy) is 1. The number of likely N-dealkylation sites (tertiary alicyclic amines) is 1. The van der Waals surface area contributed by atoms with Gasteiger partial charge in [0, 0.05) is 35.1 Å². The molecule has 0 aliphatic carbocycles. The number of rotatable bonds is 10. The molecule has 1 aromatic heterocycles. The summed E-state index contributed by atoms with van der Waals surface area (Å²) in [6.45, 7) is 5.68. The van der Waals surface area contributed by atoms with Gasteiger partial charge in [-0.3, -0.25) is 9.74 Å². The molecule has 1 N–H and O–H groups in total. The third kappa shape index (κ3) is 6.06. The fourth-order valence-electron chi connectivity index (χ4n) is 5.41. The lowest BCUT2D eigenvalue weighted by molar-refractivity contribution is -0.0986. The minimum Gasteiger partial charge on any atom is -0.508 e. The predicted octanol–water partition coefficient (Wildman–Crippen LogP) is 6.45. The molecule has 0 bridgehead atoms. The number of hydrogen-bond donors (Lipinski definition) is 1. The number of hydroxylamine groups is 2. The first-order valence-corrected chi connectivity index (χ1v) is 14.5. The molecule has 6 nitrogen and oxygen atoms in total. The van der Waals surface area contributed by atoms with E-state index in [0.29, 0.717) is 5.75 Å². The van der Waals surface area contributed by atoms with E-state index >= 15 is 0 Å². The lowest BCUT2D eigenvalue weighted by Crippen LogP contribution is -2.25. The summed E-state index contributed by atoms with van der Waals surface area (Å²) in [6, 6.07) is 23.1. The van der Waals surface area contributed by atoms with E-state index in [-0.39, 0.29) is 0 Å². The highest BCUT2D eigenvalue weighted by Gasteiger charge is 2.17. The van der Waals surface area contributed by atoms with Gasteiger partial charge < -0.3 is 14.7 Å². The zero-order valence-electron chi connectivity index (χ0n) is 22.4. The number of aromatic hydroxyl groups is 1. The third-order valence-corrected chi connectivity index (χ3v) is 8.80. The Morgan fingerprint density at radius 2 is 1.67 bits per heavy atom. The Hall–Kier alpha value is -3.52. The Labute approximate surface area is 234 Å². The predicted molar refractivity (Wildman–Crippen MR) is 158 cm³/mol. The highest BCUT2D eigenvalue weighted by Crippen LogP contribution is 2.41. The van der Waals surface area contributed by atoms with Gasteiger partial charge >= 0.3 is 0 Å². The van der Waals surface area contributed by atoms with E-state index in [1.54, 1.807) is 24.5 Å². The minimum atomic E-state index is 0.302. The summed E-state index contributed by atoms with van der Waals surface area (Å²) in [5.41, 5.74) is 5.01. The maximum atomic E-state index is 10.1. The zero-order valence-corrected chi connectivity index (χ0v) is 23.2.